The first kappa shape index (κ1) is 5.37. The smallest absolute Gasteiger partial charge is 0.325 e. The van der Waals surface area contributed by atoms with E-state index in [1.807, 2.05) is 0 Å². The van der Waals surface area contributed by atoms with Gasteiger partial charge in [0.1, 0.15) is 0 Å². The molecule has 1 heterocycles. The van der Waals surface area contributed by atoms with Crippen molar-refractivity contribution < 1.29 is 4.79 Å². The number of carbonyl (C=O) groups excluding carboxylic acids is 1. The second kappa shape index (κ2) is 2.00. The van der Waals surface area contributed by atoms with Crippen molar-refractivity contribution in [2.75, 3.05) is 20.1 Å². The molecule has 1 aliphatic rings. The maximum absolute atomic E-state index is 10.5. The predicted molar refractivity (Wildman–Crippen MR) is 29.2 cm³/mol. The van der Waals surface area contributed by atoms with Gasteiger partial charge in [0.05, 0.1) is 0 Å². The highest BCUT2D eigenvalue weighted by Gasteiger charge is 2.10. The lowest BCUT2D eigenvalue weighted by Crippen LogP contribution is -2.53. The van der Waals surface area contributed by atoms with Crippen LogP contribution in [0, 0.1) is 0 Å². The van der Waals surface area contributed by atoms with Gasteiger partial charge in [0.15, 0.2) is 0 Å². The maximum Gasteiger partial charge on any atom is 0.331 e. The summed E-state index contributed by atoms with van der Waals surface area (Å²) in [5.41, 5.74) is 5.19. The Kier molecular flexibility index (Phi) is 1.34. The second-order valence-corrected chi connectivity index (χ2v) is 1.78. The van der Waals surface area contributed by atoms with Crippen LogP contribution >= 0.6 is 0 Å². The molecule has 0 aliphatic carbocycles. The van der Waals surface area contributed by atoms with Crippen molar-refractivity contribution in [1.82, 2.24) is 15.8 Å². The maximum atomic E-state index is 10.5. The molecule has 0 bridgehead atoms. The van der Waals surface area contributed by atoms with Gasteiger partial charge in [-0.15, -0.1) is 0 Å². The number of nitrogens with one attached hydrogen (secondary N) is 2. The lowest BCUT2D eigenvalue weighted by molar-refractivity contribution is 0.191. The van der Waals surface area contributed by atoms with Crippen LogP contribution < -0.4 is 10.9 Å². The minimum absolute atomic E-state index is 0.0590. The zero-order valence-corrected chi connectivity index (χ0v) is 4.77. The molecular weight excluding hydrogens is 106 g/mol. The summed E-state index contributed by atoms with van der Waals surface area (Å²) in [4.78, 5) is 12.2. The minimum atomic E-state index is -0.0590. The summed E-state index contributed by atoms with van der Waals surface area (Å²) >= 11 is 0. The first-order valence-electron chi connectivity index (χ1n) is 2.54. The number of likely N-dealkylation sites (N-methyl/N-ethyl adjacent to an activating group) is 1. The van der Waals surface area contributed by atoms with E-state index in [1.165, 1.54) is 0 Å². The van der Waals surface area contributed by atoms with Gasteiger partial charge < -0.3 is 4.90 Å². The van der Waals surface area contributed by atoms with E-state index in [0.717, 1.165) is 13.1 Å². The van der Waals surface area contributed by atoms with Gasteiger partial charge in [-0.1, -0.05) is 0 Å². The third kappa shape index (κ3) is 0.894. The Morgan fingerprint density at radius 2 is 2.50 bits per heavy atom. The molecule has 0 spiro atoms. The average molecular weight is 115 g/mol. The SMILES string of the molecule is CN1CCNNC1=O. The summed E-state index contributed by atoms with van der Waals surface area (Å²) in [7, 11) is 1.76. The third-order valence-electron chi connectivity index (χ3n) is 1.11. The minimum Gasteiger partial charge on any atom is -0.325 e. The molecule has 1 aliphatic heterocycles. The van der Waals surface area contributed by atoms with Gasteiger partial charge in [-0.25, -0.2) is 10.2 Å². The van der Waals surface area contributed by atoms with Crippen molar-refractivity contribution in [1.29, 1.82) is 0 Å². The second-order valence-electron chi connectivity index (χ2n) is 1.78. The summed E-state index contributed by atoms with van der Waals surface area (Å²) in [6.45, 7) is 1.61. The lowest BCUT2D eigenvalue weighted by Gasteiger charge is -2.23. The van der Waals surface area contributed by atoms with Crippen LogP contribution in [0.3, 0.4) is 0 Å². The molecule has 0 aromatic carbocycles. The van der Waals surface area contributed by atoms with E-state index in [1.54, 1.807) is 11.9 Å². The van der Waals surface area contributed by atoms with Crippen LogP contribution in [0.2, 0.25) is 0 Å². The first-order valence-corrected chi connectivity index (χ1v) is 2.54. The Labute approximate surface area is 47.8 Å². The number of hydrazine groups is 1. The molecule has 1 saturated heterocycles. The fourth-order valence-electron chi connectivity index (χ4n) is 0.559. The Bertz CT molecular complexity index is 103. The summed E-state index contributed by atoms with van der Waals surface area (Å²) in [5.74, 6) is 0. The molecule has 0 unspecified atom stereocenters. The fraction of sp³-hybridized carbons (Fsp3) is 0.750. The number of hydrogen-bond donors (Lipinski definition) is 2. The molecule has 46 valence electrons. The van der Waals surface area contributed by atoms with Crippen LogP contribution in [0.4, 0.5) is 4.79 Å². The number of carbonyl (C=O) groups is 1. The van der Waals surface area contributed by atoms with Crippen molar-refractivity contribution in [3.63, 3.8) is 0 Å². The molecule has 4 nitrogen and oxygen atoms in total. The molecule has 2 N–H and O–H groups in total. The Morgan fingerprint density at radius 3 is 2.88 bits per heavy atom. The van der Waals surface area contributed by atoms with E-state index in [4.69, 9.17) is 0 Å². The average Bonchev–Trinajstić information content (AvgIpc) is 1.77. The number of rotatable bonds is 0. The summed E-state index contributed by atoms with van der Waals surface area (Å²) in [6, 6.07) is -0.0590. The molecule has 2 amide bonds. The summed E-state index contributed by atoms with van der Waals surface area (Å²) in [6.07, 6.45) is 0. The fourth-order valence-corrected chi connectivity index (χ4v) is 0.559. The third-order valence-corrected chi connectivity index (χ3v) is 1.11. The number of urea groups is 1. The Hall–Kier alpha value is -0.770. The first-order chi connectivity index (χ1) is 3.80. The van der Waals surface area contributed by atoms with Crippen LogP contribution in [-0.4, -0.2) is 31.1 Å². The lowest BCUT2D eigenvalue weighted by atomic mass is 10.5. The highest BCUT2D eigenvalue weighted by Crippen LogP contribution is 1.84. The van der Waals surface area contributed by atoms with Gasteiger partial charge in [-0.05, 0) is 0 Å². The van der Waals surface area contributed by atoms with Crippen LogP contribution in [0.15, 0.2) is 0 Å². The molecule has 0 saturated carbocycles. The number of amides is 2. The van der Waals surface area contributed by atoms with Gasteiger partial charge in [-0.2, -0.15) is 0 Å². The predicted octanol–water partition coefficient (Wildman–Crippen LogP) is -0.854. The van der Waals surface area contributed by atoms with Gasteiger partial charge in [0.25, 0.3) is 0 Å². The van der Waals surface area contributed by atoms with Gasteiger partial charge in [-0.3, -0.25) is 5.43 Å². The molecular formula is C4H9N3O. The zero-order chi connectivity index (χ0) is 5.98. The van der Waals surface area contributed by atoms with E-state index in [0.29, 0.717) is 0 Å². The van der Waals surface area contributed by atoms with E-state index in [2.05, 4.69) is 10.9 Å². The van der Waals surface area contributed by atoms with E-state index in [-0.39, 0.29) is 6.03 Å². The molecule has 0 atom stereocenters. The molecule has 1 fully saturated rings. The molecule has 1 rings (SSSR count). The van der Waals surface area contributed by atoms with Crippen molar-refractivity contribution in [2.24, 2.45) is 0 Å². The molecule has 0 radical (unpaired) electrons. The molecule has 4 heteroatoms. The van der Waals surface area contributed by atoms with Crippen molar-refractivity contribution in [2.45, 2.75) is 0 Å². The monoisotopic (exact) mass is 115 g/mol. The summed E-state index contributed by atoms with van der Waals surface area (Å²) in [5, 5.41) is 0. The molecule has 0 aromatic heterocycles. The quantitative estimate of drug-likeness (QED) is 0.431. The van der Waals surface area contributed by atoms with Gasteiger partial charge >= 0.3 is 6.03 Å². The van der Waals surface area contributed by atoms with Gasteiger partial charge in [0, 0.05) is 20.1 Å². The Morgan fingerprint density at radius 1 is 1.75 bits per heavy atom. The largest absolute Gasteiger partial charge is 0.331 e. The topological polar surface area (TPSA) is 44.4 Å². The van der Waals surface area contributed by atoms with Crippen LogP contribution in [0.25, 0.3) is 0 Å². The van der Waals surface area contributed by atoms with Gasteiger partial charge in [0.2, 0.25) is 0 Å². The highest BCUT2D eigenvalue weighted by molar-refractivity contribution is 5.73. The Balaban J connectivity index is 2.39. The zero-order valence-electron chi connectivity index (χ0n) is 4.77. The van der Waals surface area contributed by atoms with E-state index >= 15 is 0 Å². The standard InChI is InChI=1S/C4H9N3O/c1-7-3-2-5-6-4(7)8/h5H,2-3H2,1H3,(H,6,8). The molecule has 0 aromatic rings. The van der Waals surface area contributed by atoms with Crippen LogP contribution in [-0.2, 0) is 0 Å². The number of hydrogen-bond acceptors (Lipinski definition) is 2. The van der Waals surface area contributed by atoms with Crippen molar-refractivity contribution in [3.05, 3.63) is 0 Å². The summed E-state index contributed by atoms with van der Waals surface area (Å²) < 4.78 is 0. The number of nitrogens with zero attached hydrogens (tertiary/aromatic N) is 1. The van der Waals surface area contributed by atoms with Crippen LogP contribution in [0.5, 0.6) is 0 Å². The highest BCUT2D eigenvalue weighted by atomic mass is 16.2. The van der Waals surface area contributed by atoms with E-state index < -0.39 is 0 Å². The van der Waals surface area contributed by atoms with Crippen molar-refractivity contribution in [3.8, 4) is 0 Å². The van der Waals surface area contributed by atoms with Crippen LogP contribution in [0.1, 0.15) is 0 Å². The van der Waals surface area contributed by atoms with E-state index in [9.17, 15) is 4.79 Å². The van der Waals surface area contributed by atoms with Crippen molar-refractivity contribution >= 4 is 6.03 Å². The normalized spacial score (nSPS) is 20.6. The molecule has 8 heavy (non-hydrogen) atoms.